The first-order chi connectivity index (χ1) is 37.1. The number of rotatable bonds is 10. The largest absolute Gasteiger partial charge is 0.336 e. The van der Waals surface area contributed by atoms with E-state index in [2.05, 4.69) is 237 Å². The third-order valence-corrected chi connectivity index (χ3v) is 16.0. The molecule has 8 aromatic carbocycles. The zero-order valence-electron chi connectivity index (χ0n) is 53.1. The molecule has 0 saturated carbocycles. The molecule has 2 aliphatic carbocycles. The molecule has 0 aliphatic heterocycles. The molecule has 8 aromatic rings. The summed E-state index contributed by atoms with van der Waals surface area (Å²) in [4.78, 5) is 4.79. The van der Waals surface area contributed by atoms with Gasteiger partial charge < -0.3 is 9.80 Å². The van der Waals surface area contributed by atoms with Gasteiger partial charge in [0.2, 0.25) is 0 Å². The number of benzene rings is 8. The lowest BCUT2D eigenvalue weighted by molar-refractivity contribution is 0.554. The Labute approximate surface area is 464 Å². The minimum Gasteiger partial charge on any atom is -0.336 e. The minimum atomic E-state index is -0.856. The highest BCUT2D eigenvalue weighted by atomic mass is 15.2. The molecular formula is C74H86N2. The average Bonchev–Trinajstić information content (AvgIpc) is 3.58. The molecule has 0 heterocycles. The van der Waals surface area contributed by atoms with Crippen LogP contribution in [0.4, 0.5) is 22.7 Å². The van der Waals surface area contributed by atoms with Gasteiger partial charge >= 0.3 is 0 Å². The van der Waals surface area contributed by atoms with Crippen molar-refractivity contribution in [2.75, 3.05) is 9.80 Å². The molecule has 2 aliphatic rings. The molecular weight excluding hydrogens is 917 g/mol. The fraction of sp³-hybridized carbons (Fsp3) is 0.351. The third kappa shape index (κ3) is 9.43. The Bertz CT molecular complexity index is 3360. The lowest BCUT2D eigenvalue weighted by Crippen LogP contribution is -2.39. The second-order valence-corrected chi connectivity index (χ2v) is 25.2. The molecule has 76 heavy (non-hydrogen) atoms. The van der Waals surface area contributed by atoms with Gasteiger partial charge in [-0.15, -0.1) is 0 Å². The van der Waals surface area contributed by atoms with Crippen LogP contribution in [0, 0.1) is 0 Å². The molecule has 392 valence electrons. The molecule has 0 aromatic heterocycles. The van der Waals surface area contributed by atoms with Crippen LogP contribution >= 0.6 is 0 Å². The first-order valence-electron chi connectivity index (χ1n) is 29.6. The van der Waals surface area contributed by atoms with Crippen molar-refractivity contribution in [1.29, 1.82) is 0 Å². The summed E-state index contributed by atoms with van der Waals surface area (Å²) in [5, 5.41) is 0. The van der Waals surface area contributed by atoms with E-state index < -0.39 is 23.6 Å². The molecule has 0 spiro atoms. The van der Waals surface area contributed by atoms with Gasteiger partial charge in [0.25, 0.3) is 0 Å². The normalized spacial score (nSPS) is 15.4. The van der Waals surface area contributed by atoms with Crippen molar-refractivity contribution in [3.63, 3.8) is 0 Å². The van der Waals surface area contributed by atoms with Crippen molar-refractivity contribution >= 4 is 22.7 Å². The first kappa shape index (κ1) is 49.0. The summed E-state index contributed by atoms with van der Waals surface area (Å²) in [7, 11) is 0. The van der Waals surface area contributed by atoms with Crippen LogP contribution in [-0.2, 0) is 10.8 Å². The highest BCUT2D eigenvalue weighted by Gasteiger charge is 2.42. The van der Waals surface area contributed by atoms with Crippen LogP contribution in [0.3, 0.4) is 0 Å². The third-order valence-electron chi connectivity index (χ3n) is 16.0. The number of hydrogen-bond donors (Lipinski definition) is 0. The lowest BCUT2D eigenvalue weighted by atomic mass is 9.81. The highest BCUT2D eigenvalue weighted by Crippen LogP contribution is 2.57. The Balaban J connectivity index is 0.000000194. The summed E-state index contributed by atoms with van der Waals surface area (Å²) in [5.74, 6) is -3.42. The van der Waals surface area contributed by atoms with Gasteiger partial charge in [0.05, 0.1) is 0 Å². The second kappa shape index (κ2) is 20.4. The Morgan fingerprint density at radius 3 is 0.921 bits per heavy atom. The van der Waals surface area contributed by atoms with Crippen molar-refractivity contribution in [2.45, 2.75) is 170 Å². The van der Waals surface area contributed by atoms with Gasteiger partial charge in [-0.2, -0.15) is 0 Å². The summed E-state index contributed by atoms with van der Waals surface area (Å²) < 4.78 is 37.7. The molecule has 0 bridgehead atoms. The summed E-state index contributed by atoms with van der Waals surface area (Å²) in [5.41, 5.74) is 21.6. The first-order valence-corrected chi connectivity index (χ1v) is 27.6. The van der Waals surface area contributed by atoms with Gasteiger partial charge in [0.1, 0.15) is 0 Å². The van der Waals surface area contributed by atoms with Crippen molar-refractivity contribution in [3.05, 3.63) is 214 Å². The summed E-state index contributed by atoms with van der Waals surface area (Å²) in [6.45, 7) is 38.5. The predicted octanol–water partition coefficient (Wildman–Crippen LogP) is 21.7. The smallest absolute Gasteiger partial charge is 0.0457 e. The van der Waals surface area contributed by atoms with Gasteiger partial charge in [0, 0.05) is 50.1 Å². The lowest BCUT2D eigenvalue weighted by Gasteiger charge is -2.42. The molecule has 2 heteroatoms. The van der Waals surface area contributed by atoms with E-state index in [0.29, 0.717) is 0 Å². The van der Waals surface area contributed by atoms with Crippen LogP contribution in [0.2, 0.25) is 0 Å². The molecule has 0 atom stereocenters. The molecule has 0 N–H and O–H groups in total. The SMILES string of the molecule is [2H]C(C)(C)c1c(-c2ccccc2)cccc1N(c1ccc2c(c1C([2H])(C)C)-c1ccccc1C2(C)C)C(C)(C)C.[2H]C(C)(C)c1c(-c2ccccc2)cccc1N(c1ccc2c(c1C([2H])(C)C)-c1ccccc1C2(C)C)C(C)(C)C. The van der Waals surface area contributed by atoms with E-state index in [-0.39, 0.29) is 21.9 Å². The fourth-order valence-corrected chi connectivity index (χ4v) is 12.9. The number of hydrogen-bond acceptors (Lipinski definition) is 2. The van der Waals surface area contributed by atoms with Gasteiger partial charge in [0.15, 0.2) is 0 Å². The Hall–Kier alpha value is -6.64. The van der Waals surface area contributed by atoms with E-state index in [1.54, 1.807) is 0 Å². The molecule has 0 unspecified atom stereocenters. The number of nitrogens with zero attached hydrogens (tertiary/aromatic N) is 2. The molecule has 2 nitrogen and oxygen atoms in total. The Morgan fingerprint density at radius 1 is 0.316 bits per heavy atom. The van der Waals surface area contributed by atoms with Gasteiger partial charge in [-0.1, -0.05) is 229 Å². The molecule has 0 radical (unpaired) electrons. The fourth-order valence-electron chi connectivity index (χ4n) is 12.9. The van der Waals surface area contributed by atoms with E-state index >= 15 is 0 Å². The highest BCUT2D eigenvalue weighted by molar-refractivity contribution is 5.92. The Kier molecular flexibility index (Phi) is 13.1. The van der Waals surface area contributed by atoms with Crippen LogP contribution < -0.4 is 9.80 Å². The monoisotopic (exact) mass is 1010 g/mol. The van der Waals surface area contributed by atoms with Crippen molar-refractivity contribution < 1.29 is 5.48 Å². The quantitative estimate of drug-likeness (QED) is 0.135. The number of anilines is 4. The minimum absolute atomic E-state index is 0.140. The molecule has 0 amide bonds. The zero-order valence-corrected chi connectivity index (χ0v) is 49.1. The zero-order chi connectivity index (χ0) is 58.5. The molecule has 0 fully saturated rings. The second-order valence-electron chi connectivity index (χ2n) is 25.2. The molecule has 0 saturated heterocycles. The summed E-state index contributed by atoms with van der Waals surface area (Å²) in [6.07, 6.45) is 0. The van der Waals surface area contributed by atoms with Crippen LogP contribution in [-0.4, -0.2) is 11.1 Å². The topological polar surface area (TPSA) is 6.48 Å². The van der Waals surface area contributed by atoms with Crippen LogP contribution in [0.25, 0.3) is 44.5 Å². The van der Waals surface area contributed by atoms with Gasteiger partial charge in [-0.3, -0.25) is 0 Å². The maximum Gasteiger partial charge on any atom is 0.0457 e. The summed E-state index contributed by atoms with van der Waals surface area (Å²) >= 11 is 0. The van der Waals surface area contributed by atoms with E-state index in [1.807, 2.05) is 67.5 Å². The summed E-state index contributed by atoms with van der Waals surface area (Å²) in [6, 6.07) is 60.1. The molecule has 10 rings (SSSR count). The number of fused-ring (bicyclic) bond motifs is 6. The standard InChI is InChI=1S/2C37H43N/c2*1-24(2)33-27(26-16-11-10-12-17-26)19-15-21-31(33)38(36(5,6)7)32-23-22-30-35(34(32)25(3)4)28-18-13-14-20-29(28)37(30,8)9/h2*10-25H,1-9H3/i2*24D,25D. The van der Waals surface area contributed by atoms with Crippen LogP contribution in [0.15, 0.2) is 170 Å². The maximum absolute atomic E-state index is 9.50. The van der Waals surface area contributed by atoms with Crippen molar-refractivity contribution in [3.8, 4) is 44.5 Å². The van der Waals surface area contributed by atoms with Gasteiger partial charge in [-0.05, 0) is 178 Å². The van der Waals surface area contributed by atoms with E-state index in [1.165, 1.54) is 44.5 Å². The van der Waals surface area contributed by atoms with E-state index in [0.717, 1.165) is 67.3 Å². The van der Waals surface area contributed by atoms with Crippen LogP contribution in [0.1, 0.15) is 198 Å². The maximum atomic E-state index is 9.50. The van der Waals surface area contributed by atoms with Crippen molar-refractivity contribution in [1.82, 2.24) is 0 Å². The average molecular weight is 1010 g/mol. The predicted molar refractivity (Wildman–Crippen MR) is 332 cm³/mol. The van der Waals surface area contributed by atoms with E-state index in [4.69, 9.17) is 0 Å². The van der Waals surface area contributed by atoms with Crippen molar-refractivity contribution in [2.24, 2.45) is 0 Å². The van der Waals surface area contributed by atoms with Gasteiger partial charge in [-0.25, -0.2) is 0 Å². The van der Waals surface area contributed by atoms with Crippen LogP contribution in [0.5, 0.6) is 0 Å². The Morgan fingerprint density at radius 2 is 0.605 bits per heavy atom. The van der Waals surface area contributed by atoms with E-state index in [9.17, 15) is 5.48 Å².